The van der Waals surface area contributed by atoms with Crippen LogP contribution < -0.4 is 10.6 Å². The molecule has 0 aromatic rings. The molecule has 0 aliphatic carbocycles. The largest absolute Gasteiger partial charge is 0.480 e. The van der Waals surface area contributed by atoms with Gasteiger partial charge in [0.1, 0.15) is 6.04 Å². The molecule has 0 aromatic heterocycles. The summed E-state index contributed by atoms with van der Waals surface area (Å²) >= 11 is 1.53. The summed E-state index contributed by atoms with van der Waals surface area (Å²) in [4.78, 5) is 35.7. The van der Waals surface area contributed by atoms with Gasteiger partial charge in [0.05, 0.1) is 0 Å². The highest BCUT2D eigenvalue weighted by Gasteiger charge is 2.25. The number of amides is 3. The molecule has 0 radical (unpaired) electrons. The van der Waals surface area contributed by atoms with Crippen LogP contribution in [0.15, 0.2) is 0 Å². The second kappa shape index (κ2) is 7.98. The standard InChI is InChI=1S/C12H21N3O4S/c1-15-7-8(3-4-10(15)16)13-12(19)14-9(11(17)18)5-6-20-2/h8-9H,3-7H2,1-2H3,(H,17,18)(H2,13,14,19)/t8?,9-/m1/s1. The Morgan fingerprint density at radius 3 is 2.80 bits per heavy atom. The Kier molecular flexibility index (Phi) is 6.63. The number of piperidine rings is 1. The zero-order chi connectivity index (χ0) is 15.1. The fourth-order valence-electron chi connectivity index (χ4n) is 2.01. The van der Waals surface area contributed by atoms with E-state index in [1.807, 2.05) is 6.26 Å². The lowest BCUT2D eigenvalue weighted by atomic mass is 10.1. The fraction of sp³-hybridized carbons (Fsp3) is 0.750. The molecule has 7 nitrogen and oxygen atoms in total. The van der Waals surface area contributed by atoms with Crippen molar-refractivity contribution in [2.45, 2.75) is 31.3 Å². The number of nitrogens with one attached hydrogen (secondary N) is 2. The second-order valence-corrected chi connectivity index (χ2v) is 5.79. The van der Waals surface area contributed by atoms with Crippen molar-refractivity contribution in [3.8, 4) is 0 Å². The number of rotatable bonds is 6. The van der Waals surface area contributed by atoms with Crippen LogP contribution in [0.3, 0.4) is 0 Å². The molecule has 1 aliphatic heterocycles. The molecule has 3 amide bonds. The molecule has 1 saturated heterocycles. The van der Waals surface area contributed by atoms with Crippen molar-refractivity contribution < 1.29 is 19.5 Å². The summed E-state index contributed by atoms with van der Waals surface area (Å²) in [6.07, 6.45) is 3.25. The van der Waals surface area contributed by atoms with Crippen LogP contribution in [0.2, 0.25) is 0 Å². The van der Waals surface area contributed by atoms with Crippen molar-refractivity contribution in [3.63, 3.8) is 0 Å². The quantitative estimate of drug-likeness (QED) is 0.647. The number of likely N-dealkylation sites (N-methyl/N-ethyl adjacent to an activating group) is 1. The fourth-order valence-corrected chi connectivity index (χ4v) is 2.48. The van der Waals surface area contributed by atoms with E-state index >= 15 is 0 Å². The summed E-state index contributed by atoms with van der Waals surface area (Å²) in [6, 6.07) is -1.51. The number of carboxylic acids is 1. The molecule has 8 heteroatoms. The van der Waals surface area contributed by atoms with Crippen molar-refractivity contribution in [3.05, 3.63) is 0 Å². The molecule has 1 fully saturated rings. The van der Waals surface area contributed by atoms with E-state index < -0.39 is 18.0 Å². The minimum atomic E-state index is -1.04. The molecule has 2 atom stereocenters. The predicted octanol–water partition coefficient (Wildman–Crippen LogP) is 0.113. The van der Waals surface area contributed by atoms with Gasteiger partial charge in [-0.2, -0.15) is 11.8 Å². The molecule has 20 heavy (non-hydrogen) atoms. The van der Waals surface area contributed by atoms with Gasteiger partial charge in [0, 0.05) is 26.1 Å². The Bertz CT molecular complexity index is 378. The van der Waals surface area contributed by atoms with Gasteiger partial charge in [-0.25, -0.2) is 9.59 Å². The molecule has 0 bridgehead atoms. The zero-order valence-electron chi connectivity index (χ0n) is 11.7. The maximum absolute atomic E-state index is 11.8. The third kappa shape index (κ3) is 5.28. The third-order valence-corrected chi connectivity index (χ3v) is 3.82. The number of hydrogen-bond donors (Lipinski definition) is 3. The Labute approximate surface area is 122 Å². The topological polar surface area (TPSA) is 98.7 Å². The van der Waals surface area contributed by atoms with Crippen molar-refractivity contribution in [1.82, 2.24) is 15.5 Å². The number of nitrogens with zero attached hydrogens (tertiary/aromatic N) is 1. The number of likely N-dealkylation sites (tertiary alicyclic amines) is 1. The van der Waals surface area contributed by atoms with Gasteiger partial charge < -0.3 is 20.6 Å². The van der Waals surface area contributed by atoms with Gasteiger partial charge >= 0.3 is 12.0 Å². The van der Waals surface area contributed by atoms with Gasteiger partial charge in [-0.3, -0.25) is 4.79 Å². The van der Waals surface area contributed by atoms with E-state index in [4.69, 9.17) is 5.11 Å². The average molecular weight is 303 g/mol. The molecule has 1 heterocycles. The smallest absolute Gasteiger partial charge is 0.326 e. The molecule has 114 valence electrons. The lowest BCUT2D eigenvalue weighted by Crippen LogP contribution is -2.53. The molecular weight excluding hydrogens is 282 g/mol. The third-order valence-electron chi connectivity index (χ3n) is 3.18. The lowest BCUT2D eigenvalue weighted by Gasteiger charge is -2.30. The predicted molar refractivity (Wildman–Crippen MR) is 76.7 cm³/mol. The number of carboxylic acid groups (broad SMARTS) is 1. The van der Waals surface area contributed by atoms with E-state index in [1.165, 1.54) is 11.8 Å². The van der Waals surface area contributed by atoms with Gasteiger partial charge in [-0.15, -0.1) is 0 Å². The van der Waals surface area contributed by atoms with E-state index in [-0.39, 0.29) is 11.9 Å². The summed E-state index contributed by atoms with van der Waals surface area (Å²) in [5.74, 6) is -0.310. The number of aliphatic carboxylic acids is 1. The Balaban J connectivity index is 2.41. The highest BCUT2D eigenvalue weighted by atomic mass is 32.2. The molecular formula is C12H21N3O4S. The molecule has 1 rings (SSSR count). The first-order valence-corrected chi connectivity index (χ1v) is 7.86. The number of carbonyl (C=O) groups excluding carboxylic acids is 2. The summed E-state index contributed by atoms with van der Waals surface area (Å²) in [7, 11) is 1.69. The van der Waals surface area contributed by atoms with Gasteiger partial charge in [0.15, 0.2) is 0 Å². The monoisotopic (exact) mass is 303 g/mol. The molecule has 0 aromatic carbocycles. The van der Waals surface area contributed by atoms with Crippen LogP contribution in [-0.4, -0.2) is 65.6 Å². The first-order valence-electron chi connectivity index (χ1n) is 6.46. The second-order valence-electron chi connectivity index (χ2n) is 4.80. The summed E-state index contributed by atoms with van der Waals surface area (Å²) in [5, 5.41) is 14.2. The normalized spacial score (nSPS) is 20.4. The molecule has 3 N–H and O–H groups in total. The number of hydrogen-bond acceptors (Lipinski definition) is 4. The van der Waals surface area contributed by atoms with Crippen LogP contribution in [-0.2, 0) is 9.59 Å². The number of thioether (sulfide) groups is 1. The number of carbonyl (C=O) groups is 3. The molecule has 1 unspecified atom stereocenters. The number of urea groups is 1. The van der Waals surface area contributed by atoms with Gasteiger partial charge in [0.2, 0.25) is 5.91 Å². The first-order chi connectivity index (χ1) is 9.43. The average Bonchev–Trinajstić information content (AvgIpc) is 2.38. The maximum atomic E-state index is 11.8. The van der Waals surface area contributed by atoms with Crippen LogP contribution in [0, 0.1) is 0 Å². The molecule has 0 spiro atoms. The van der Waals surface area contributed by atoms with Crippen LogP contribution in [0.4, 0.5) is 4.79 Å². The van der Waals surface area contributed by atoms with Crippen LogP contribution in [0.25, 0.3) is 0 Å². The first kappa shape index (κ1) is 16.6. The van der Waals surface area contributed by atoms with E-state index in [0.29, 0.717) is 31.6 Å². The van der Waals surface area contributed by atoms with Crippen LogP contribution in [0.1, 0.15) is 19.3 Å². The highest BCUT2D eigenvalue weighted by Crippen LogP contribution is 2.09. The van der Waals surface area contributed by atoms with Gasteiger partial charge in [0.25, 0.3) is 0 Å². The molecule has 0 saturated carbocycles. The van der Waals surface area contributed by atoms with Crippen LogP contribution >= 0.6 is 11.8 Å². The lowest BCUT2D eigenvalue weighted by molar-refractivity contribution is -0.139. The Hall–Kier alpha value is -1.44. The minimum Gasteiger partial charge on any atom is -0.480 e. The zero-order valence-corrected chi connectivity index (χ0v) is 12.5. The van der Waals surface area contributed by atoms with Crippen molar-refractivity contribution in [2.24, 2.45) is 0 Å². The van der Waals surface area contributed by atoms with E-state index in [9.17, 15) is 14.4 Å². The minimum absolute atomic E-state index is 0.0619. The summed E-state index contributed by atoms with van der Waals surface area (Å²) in [6.45, 7) is 0.453. The molecule has 1 aliphatic rings. The van der Waals surface area contributed by atoms with Gasteiger partial charge in [-0.05, 0) is 24.9 Å². The Morgan fingerprint density at radius 2 is 2.25 bits per heavy atom. The van der Waals surface area contributed by atoms with Crippen molar-refractivity contribution in [1.29, 1.82) is 0 Å². The maximum Gasteiger partial charge on any atom is 0.326 e. The van der Waals surface area contributed by atoms with Gasteiger partial charge in [-0.1, -0.05) is 0 Å². The highest BCUT2D eigenvalue weighted by molar-refractivity contribution is 7.98. The van der Waals surface area contributed by atoms with Crippen LogP contribution in [0.5, 0.6) is 0 Å². The summed E-state index contributed by atoms with van der Waals surface area (Å²) in [5.41, 5.74) is 0. The Morgan fingerprint density at radius 1 is 1.55 bits per heavy atom. The van der Waals surface area contributed by atoms with E-state index in [1.54, 1.807) is 11.9 Å². The SMILES string of the molecule is CSCC[C@@H](NC(=O)NC1CCC(=O)N(C)C1)C(=O)O. The van der Waals surface area contributed by atoms with E-state index in [0.717, 1.165) is 0 Å². The van der Waals surface area contributed by atoms with E-state index in [2.05, 4.69) is 10.6 Å². The van der Waals surface area contributed by atoms with Crippen molar-refractivity contribution >= 4 is 29.7 Å². The van der Waals surface area contributed by atoms with Crippen molar-refractivity contribution in [2.75, 3.05) is 25.6 Å². The summed E-state index contributed by atoms with van der Waals surface area (Å²) < 4.78 is 0.